The van der Waals surface area contributed by atoms with Gasteiger partial charge in [-0.2, -0.15) is 5.26 Å². The molecule has 126 valence electrons. The molecule has 0 spiro atoms. The van der Waals surface area contributed by atoms with Crippen LogP contribution in [0.2, 0.25) is 0 Å². The van der Waals surface area contributed by atoms with Gasteiger partial charge in [-0.25, -0.2) is 0 Å². The van der Waals surface area contributed by atoms with Crippen molar-refractivity contribution in [1.82, 2.24) is 0 Å². The molecule has 0 aliphatic heterocycles. The molecule has 0 amide bonds. The molecule has 0 aromatic heterocycles. The fourth-order valence-electron chi connectivity index (χ4n) is 5.81. The van der Waals surface area contributed by atoms with E-state index >= 15 is 0 Å². The molecule has 4 fully saturated rings. The van der Waals surface area contributed by atoms with Gasteiger partial charge in [0, 0.05) is 0 Å². The SMILES string of the molecule is N#Cc1ccc(COC(=O)CC23C[C@H]4C[C@@H](CC(O)(C4)C2)C3)cc1. The van der Waals surface area contributed by atoms with Crippen LogP contribution < -0.4 is 0 Å². The summed E-state index contributed by atoms with van der Waals surface area (Å²) in [6, 6.07) is 9.18. The summed E-state index contributed by atoms with van der Waals surface area (Å²) < 4.78 is 5.47. The first kappa shape index (κ1) is 15.7. The lowest BCUT2D eigenvalue weighted by Gasteiger charge is -2.60. The largest absolute Gasteiger partial charge is 0.461 e. The molecule has 1 N–H and O–H groups in total. The summed E-state index contributed by atoms with van der Waals surface area (Å²) >= 11 is 0. The average Bonchev–Trinajstić information content (AvgIpc) is 2.50. The lowest BCUT2D eigenvalue weighted by atomic mass is 9.47. The number of hydrogen-bond donors (Lipinski definition) is 1. The number of esters is 1. The van der Waals surface area contributed by atoms with Crippen LogP contribution in [0.1, 0.15) is 56.1 Å². The Kier molecular flexibility index (Phi) is 3.65. The normalized spacial score (nSPS) is 36.3. The number of ether oxygens (including phenoxy) is 1. The minimum atomic E-state index is -0.530. The smallest absolute Gasteiger partial charge is 0.306 e. The maximum absolute atomic E-state index is 12.4. The van der Waals surface area contributed by atoms with Gasteiger partial charge < -0.3 is 9.84 Å². The summed E-state index contributed by atoms with van der Waals surface area (Å²) in [6.45, 7) is 0.248. The van der Waals surface area contributed by atoms with Crippen molar-refractivity contribution in [3.8, 4) is 6.07 Å². The van der Waals surface area contributed by atoms with Gasteiger partial charge in [-0.3, -0.25) is 4.79 Å². The van der Waals surface area contributed by atoms with E-state index in [1.54, 1.807) is 12.1 Å². The second-order valence-electron chi connectivity index (χ2n) is 8.33. The van der Waals surface area contributed by atoms with E-state index in [4.69, 9.17) is 10.00 Å². The Balaban J connectivity index is 1.37. The Morgan fingerprint density at radius 3 is 2.46 bits per heavy atom. The summed E-state index contributed by atoms with van der Waals surface area (Å²) in [6.07, 6.45) is 6.40. The molecule has 4 saturated carbocycles. The number of aliphatic hydroxyl groups is 1. The molecule has 5 rings (SSSR count). The standard InChI is InChI=1S/C20H23NO3/c21-11-14-1-3-15(4-2-14)12-24-18(22)10-19-6-16-5-17(7-19)9-20(23,8-16)13-19/h1-4,16-17,23H,5-10,12-13H2/t16-,17-,19?,20?/m1/s1. The van der Waals surface area contributed by atoms with Crippen molar-refractivity contribution in [3.05, 3.63) is 35.4 Å². The first-order valence-corrected chi connectivity index (χ1v) is 8.85. The summed E-state index contributed by atoms with van der Waals surface area (Å²) in [5, 5.41) is 19.6. The number of hydrogen-bond acceptors (Lipinski definition) is 4. The van der Waals surface area contributed by atoms with E-state index in [0.29, 0.717) is 23.8 Å². The fourth-order valence-corrected chi connectivity index (χ4v) is 5.81. The van der Waals surface area contributed by atoms with Crippen molar-refractivity contribution in [2.75, 3.05) is 0 Å². The van der Waals surface area contributed by atoms with Crippen molar-refractivity contribution < 1.29 is 14.6 Å². The summed E-state index contributed by atoms with van der Waals surface area (Å²) in [7, 11) is 0. The molecule has 0 saturated heterocycles. The summed E-state index contributed by atoms with van der Waals surface area (Å²) in [4.78, 5) is 12.4. The van der Waals surface area contributed by atoms with E-state index in [0.717, 1.165) is 37.7 Å². The highest BCUT2D eigenvalue weighted by Crippen LogP contribution is 2.62. The lowest BCUT2D eigenvalue weighted by Crippen LogP contribution is -2.56. The van der Waals surface area contributed by atoms with Gasteiger partial charge in [0.25, 0.3) is 0 Å². The molecule has 0 radical (unpaired) electrons. The van der Waals surface area contributed by atoms with Crippen LogP contribution in [0, 0.1) is 28.6 Å². The minimum absolute atomic E-state index is 0.0411. The predicted octanol–water partition coefficient (Wildman–Crippen LogP) is 3.32. The highest BCUT2D eigenvalue weighted by molar-refractivity contribution is 5.70. The highest BCUT2D eigenvalue weighted by Gasteiger charge is 2.57. The monoisotopic (exact) mass is 325 g/mol. The Labute approximate surface area is 142 Å². The average molecular weight is 325 g/mol. The molecule has 2 atom stereocenters. The number of nitrogens with zero attached hydrogens (tertiary/aromatic N) is 1. The van der Waals surface area contributed by atoms with Gasteiger partial charge in [0.15, 0.2) is 0 Å². The van der Waals surface area contributed by atoms with E-state index < -0.39 is 5.60 Å². The zero-order valence-corrected chi connectivity index (χ0v) is 13.8. The van der Waals surface area contributed by atoms with Crippen molar-refractivity contribution in [2.45, 2.75) is 57.2 Å². The Hall–Kier alpha value is -1.86. The van der Waals surface area contributed by atoms with Crippen molar-refractivity contribution in [2.24, 2.45) is 17.3 Å². The van der Waals surface area contributed by atoms with Gasteiger partial charge in [0.2, 0.25) is 0 Å². The summed E-state index contributed by atoms with van der Waals surface area (Å²) in [5.41, 5.74) is 0.927. The molecule has 4 aliphatic rings. The summed E-state index contributed by atoms with van der Waals surface area (Å²) in [5.74, 6) is 1.01. The maximum Gasteiger partial charge on any atom is 0.306 e. The van der Waals surface area contributed by atoms with Gasteiger partial charge in [0.05, 0.1) is 23.7 Å². The first-order valence-electron chi connectivity index (χ1n) is 8.85. The van der Waals surface area contributed by atoms with Gasteiger partial charge >= 0.3 is 5.97 Å². The van der Waals surface area contributed by atoms with Gasteiger partial charge in [-0.05, 0) is 73.5 Å². The van der Waals surface area contributed by atoms with Crippen LogP contribution in [0.4, 0.5) is 0 Å². The molecule has 4 aliphatic carbocycles. The molecule has 4 heteroatoms. The Morgan fingerprint density at radius 1 is 1.21 bits per heavy atom. The van der Waals surface area contributed by atoms with Crippen LogP contribution in [0.3, 0.4) is 0 Å². The number of benzene rings is 1. The molecular formula is C20H23NO3. The van der Waals surface area contributed by atoms with Gasteiger partial charge in [-0.1, -0.05) is 12.1 Å². The first-order chi connectivity index (χ1) is 11.5. The number of rotatable bonds is 4. The molecule has 1 aromatic rings. The van der Waals surface area contributed by atoms with E-state index in [2.05, 4.69) is 6.07 Å². The zero-order chi connectivity index (χ0) is 16.8. The molecular weight excluding hydrogens is 302 g/mol. The highest BCUT2D eigenvalue weighted by atomic mass is 16.5. The molecule has 24 heavy (non-hydrogen) atoms. The molecule has 1 aromatic carbocycles. The van der Waals surface area contributed by atoms with Crippen LogP contribution in [0.5, 0.6) is 0 Å². The number of nitriles is 1. The zero-order valence-electron chi connectivity index (χ0n) is 13.8. The minimum Gasteiger partial charge on any atom is -0.461 e. The van der Waals surface area contributed by atoms with Crippen molar-refractivity contribution in [1.29, 1.82) is 5.26 Å². The Bertz CT molecular complexity index is 674. The van der Waals surface area contributed by atoms with Gasteiger partial charge in [-0.15, -0.1) is 0 Å². The van der Waals surface area contributed by atoms with E-state index in [1.807, 2.05) is 12.1 Å². The number of carbonyl (C=O) groups excluding carboxylic acids is 1. The second-order valence-corrected chi connectivity index (χ2v) is 8.33. The third kappa shape index (κ3) is 2.93. The van der Waals surface area contributed by atoms with E-state index in [1.165, 1.54) is 6.42 Å². The fraction of sp³-hybridized carbons (Fsp3) is 0.600. The van der Waals surface area contributed by atoms with Crippen LogP contribution in [-0.2, 0) is 16.1 Å². The van der Waals surface area contributed by atoms with Crippen LogP contribution in [0.25, 0.3) is 0 Å². The molecule has 0 heterocycles. The number of carbonyl (C=O) groups is 1. The molecule has 4 nitrogen and oxygen atoms in total. The van der Waals surface area contributed by atoms with Crippen molar-refractivity contribution >= 4 is 5.97 Å². The third-order valence-corrected chi connectivity index (χ3v) is 6.15. The van der Waals surface area contributed by atoms with E-state index in [9.17, 15) is 9.90 Å². The Morgan fingerprint density at radius 2 is 1.88 bits per heavy atom. The van der Waals surface area contributed by atoms with Gasteiger partial charge in [0.1, 0.15) is 6.61 Å². The van der Waals surface area contributed by atoms with Crippen LogP contribution in [-0.4, -0.2) is 16.7 Å². The van der Waals surface area contributed by atoms with E-state index in [-0.39, 0.29) is 18.0 Å². The van der Waals surface area contributed by atoms with Crippen LogP contribution in [0.15, 0.2) is 24.3 Å². The predicted molar refractivity (Wildman–Crippen MR) is 87.6 cm³/mol. The third-order valence-electron chi connectivity index (χ3n) is 6.15. The van der Waals surface area contributed by atoms with Crippen molar-refractivity contribution in [3.63, 3.8) is 0 Å². The van der Waals surface area contributed by atoms with Crippen LogP contribution >= 0.6 is 0 Å². The topological polar surface area (TPSA) is 70.3 Å². The molecule has 4 bridgehead atoms. The second kappa shape index (κ2) is 5.60. The molecule has 0 unspecified atom stereocenters. The quantitative estimate of drug-likeness (QED) is 0.862. The lowest BCUT2D eigenvalue weighted by molar-refractivity contribution is -0.177. The maximum atomic E-state index is 12.4.